The first-order valence-electron chi connectivity index (χ1n) is 9.78. The van der Waals surface area contributed by atoms with Gasteiger partial charge in [0, 0.05) is 36.1 Å². The predicted octanol–water partition coefficient (Wildman–Crippen LogP) is 3.74. The first kappa shape index (κ1) is 20.5. The fourth-order valence-electron chi connectivity index (χ4n) is 3.46. The van der Waals surface area contributed by atoms with Crippen LogP contribution in [-0.2, 0) is 24.2 Å². The van der Waals surface area contributed by atoms with Crippen LogP contribution >= 0.6 is 11.8 Å². The Hall–Kier alpha value is -2.28. The minimum absolute atomic E-state index is 0.0568. The number of amides is 1. The normalized spacial score (nSPS) is 11.5. The van der Waals surface area contributed by atoms with E-state index in [0.717, 1.165) is 52.5 Å². The van der Waals surface area contributed by atoms with Gasteiger partial charge in [0.15, 0.2) is 5.16 Å². The molecule has 0 radical (unpaired) electrons. The van der Waals surface area contributed by atoms with Crippen LogP contribution in [0.4, 0.5) is 0 Å². The second-order valence-corrected chi connectivity index (χ2v) is 8.29. The Morgan fingerprint density at radius 1 is 1.29 bits per heavy atom. The van der Waals surface area contributed by atoms with Gasteiger partial charge in [-0.05, 0) is 37.1 Å². The van der Waals surface area contributed by atoms with Crippen molar-refractivity contribution in [2.45, 2.75) is 51.7 Å². The highest BCUT2D eigenvalue weighted by Gasteiger charge is 2.14. The van der Waals surface area contributed by atoms with Crippen molar-refractivity contribution in [3.8, 4) is 0 Å². The lowest BCUT2D eigenvalue weighted by Gasteiger charge is -2.11. The van der Waals surface area contributed by atoms with Gasteiger partial charge in [-0.2, -0.15) is 0 Å². The van der Waals surface area contributed by atoms with Gasteiger partial charge in [-0.15, -0.1) is 10.2 Å². The van der Waals surface area contributed by atoms with Crippen molar-refractivity contribution >= 4 is 28.6 Å². The zero-order valence-corrected chi connectivity index (χ0v) is 17.9. The number of carbonyl (C=O) groups excluding carboxylic acids is 1. The second-order valence-electron chi connectivity index (χ2n) is 7.51. The molecule has 0 aliphatic heterocycles. The molecule has 0 saturated heterocycles. The summed E-state index contributed by atoms with van der Waals surface area (Å²) >= 11 is 1.62. The van der Waals surface area contributed by atoms with Gasteiger partial charge in [-0.25, -0.2) is 0 Å². The average Bonchev–Trinajstić information content (AvgIpc) is 3.19. The van der Waals surface area contributed by atoms with E-state index >= 15 is 0 Å². The fourth-order valence-corrected chi connectivity index (χ4v) is 3.99. The minimum atomic E-state index is 0.0568. The van der Waals surface area contributed by atoms with E-state index < -0.39 is 0 Å². The monoisotopic (exact) mass is 399 g/mol. The number of hydrogen-bond donors (Lipinski definition) is 2. The molecule has 0 atom stereocenters. The number of carbonyl (C=O) groups is 1. The Morgan fingerprint density at radius 2 is 2.07 bits per heavy atom. The number of nitrogens with zero attached hydrogens (tertiary/aromatic N) is 3. The molecule has 0 saturated carbocycles. The van der Waals surface area contributed by atoms with Crippen LogP contribution < -0.4 is 5.32 Å². The molecular weight excluding hydrogens is 370 g/mol. The molecule has 0 aliphatic rings. The van der Waals surface area contributed by atoms with Crippen LogP contribution in [0.15, 0.2) is 29.4 Å². The number of rotatable bonds is 9. The van der Waals surface area contributed by atoms with Crippen LogP contribution in [0.25, 0.3) is 10.9 Å². The van der Waals surface area contributed by atoms with Crippen molar-refractivity contribution < 1.29 is 4.79 Å². The minimum Gasteiger partial charge on any atom is -0.358 e. The van der Waals surface area contributed by atoms with E-state index in [-0.39, 0.29) is 5.91 Å². The highest BCUT2D eigenvalue weighted by molar-refractivity contribution is 7.98. The van der Waals surface area contributed by atoms with Crippen LogP contribution in [-0.4, -0.2) is 38.5 Å². The Balaban J connectivity index is 1.52. The van der Waals surface area contributed by atoms with E-state index in [1.807, 2.05) is 31.4 Å². The number of benzene rings is 1. The van der Waals surface area contributed by atoms with Crippen LogP contribution in [0, 0.1) is 12.8 Å². The van der Waals surface area contributed by atoms with Crippen LogP contribution in [0.3, 0.4) is 0 Å². The van der Waals surface area contributed by atoms with Gasteiger partial charge in [0.25, 0.3) is 0 Å². The Morgan fingerprint density at radius 3 is 2.82 bits per heavy atom. The van der Waals surface area contributed by atoms with Crippen molar-refractivity contribution in [1.82, 2.24) is 25.1 Å². The third-order valence-electron chi connectivity index (χ3n) is 4.79. The molecule has 0 unspecified atom stereocenters. The Labute approximate surface area is 170 Å². The molecule has 0 bridgehead atoms. The van der Waals surface area contributed by atoms with Crippen molar-refractivity contribution in [2.24, 2.45) is 5.92 Å². The zero-order chi connectivity index (χ0) is 20.1. The van der Waals surface area contributed by atoms with Gasteiger partial charge >= 0.3 is 0 Å². The standard InChI is InChI=1S/C21H29N5OS/c1-14(2)13-26-19(24-25-21(26)28-4)10-7-11-22-20(27)12-17-15(3)23-18-9-6-5-8-16(17)18/h5-6,8-9,14,23H,7,10-13H2,1-4H3,(H,22,27). The third-order valence-corrected chi connectivity index (χ3v) is 5.45. The lowest BCUT2D eigenvalue weighted by molar-refractivity contribution is -0.120. The molecule has 7 heteroatoms. The molecule has 28 heavy (non-hydrogen) atoms. The Kier molecular flexibility index (Phi) is 6.78. The van der Waals surface area contributed by atoms with Gasteiger partial charge in [0.05, 0.1) is 6.42 Å². The van der Waals surface area contributed by atoms with E-state index in [4.69, 9.17) is 0 Å². The molecule has 3 rings (SSSR count). The lowest BCUT2D eigenvalue weighted by atomic mass is 10.1. The number of fused-ring (bicyclic) bond motifs is 1. The van der Waals surface area contributed by atoms with Crippen molar-refractivity contribution in [3.05, 3.63) is 41.3 Å². The maximum Gasteiger partial charge on any atom is 0.224 e. The van der Waals surface area contributed by atoms with E-state index in [2.05, 4.69) is 45.0 Å². The summed E-state index contributed by atoms with van der Waals surface area (Å²) in [5.74, 6) is 1.60. The number of thioether (sulfide) groups is 1. The topological polar surface area (TPSA) is 75.6 Å². The summed E-state index contributed by atoms with van der Waals surface area (Å²) in [5.41, 5.74) is 3.22. The van der Waals surface area contributed by atoms with Crippen molar-refractivity contribution in [2.75, 3.05) is 12.8 Å². The molecule has 0 aliphatic carbocycles. The van der Waals surface area contributed by atoms with Gasteiger partial charge in [0.2, 0.25) is 5.91 Å². The average molecular weight is 400 g/mol. The maximum absolute atomic E-state index is 12.4. The number of aromatic amines is 1. The van der Waals surface area contributed by atoms with Crippen molar-refractivity contribution in [1.29, 1.82) is 0 Å². The number of H-pyrrole nitrogens is 1. The van der Waals surface area contributed by atoms with Crippen LogP contribution in [0.1, 0.15) is 37.4 Å². The quantitative estimate of drug-likeness (QED) is 0.425. The second kappa shape index (κ2) is 9.28. The molecule has 150 valence electrons. The molecule has 6 nitrogen and oxygen atoms in total. The van der Waals surface area contributed by atoms with Crippen LogP contribution in [0.5, 0.6) is 0 Å². The summed E-state index contributed by atoms with van der Waals surface area (Å²) in [7, 11) is 0. The van der Waals surface area contributed by atoms with Crippen molar-refractivity contribution in [3.63, 3.8) is 0 Å². The number of aromatic nitrogens is 4. The molecule has 3 aromatic rings. The number of nitrogens with one attached hydrogen (secondary N) is 2. The smallest absolute Gasteiger partial charge is 0.224 e. The number of hydrogen-bond acceptors (Lipinski definition) is 4. The summed E-state index contributed by atoms with van der Waals surface area (Å²) in [4.78, 5) is 15.8. The summed E-state index contributed by atoms with van der Waals surface area (Å²) < 4.78 is 2.20. The first-order chi connectivity index (χ1) is 13.5. The third kappa shape index (κ3) is 4.76. The number of para-hydroxylation sites is 1. The zero-order valence-electron chi connectivity index (χ0n) is 17.1. The Bertz CT molecular complexity index is 944. The van der Waals surface area contributed by atoms with E-state index in [9.17, 15) is 4.79 Å². The molecule has 1 amide bonds. The summed E-state index contributed by atoms with van der Waals surface area (Å²) in [6.45, 7) is 7.98. The van der Waals surface area contributed by atoms with E-state index in [1.54, 1.807) is 11.8 Å². The molecule has 2 aromatic heterocycles. The van der Waals surface area contributed by atoms with Gasteiger partial charge < -0.3 is 14.9 Å². The maximum atomic E-state index is 12.4. The largest absolute Gasteiger partial charge is 0.358 e. The lowest BCUT2D eigenvalue weighted by Crippen LogP contribution is -2.26. The SMILES string of the molecule is CSc1nnc(CCCNC(=O)Cc2c(C)[nH]c3ccccc23)n1CC(C)C. The molecule has 0 spiro atoms. The van der Waals surface area contributed by atoms with Gasteiger partial charge in [0.1, 0.15) is 5.82 Å². The van der Waals surface area contributed by atoms with E-state index in [1.165, 1.54) is 0 Å². The van der Waals surface area contributed by atoms with Crippen LogP contribution in [0.2, 0.25) is 0 Å². The summed E-state index contributed by atoms with van der Waals surface area (Å²) in [6, 6.07) is 8.11. The molecule has 1 aromatic carbocycles. The first-order valence-corrected chi connectivity index (χ1v) is 11.0. The predicted molar refractivity (Wildman–Crippen MR) is 115 cm³/mol. The molecular formula is C21H29N5OS. The highest BCUT2D eigenvalue weighted by Crippen LogP contribution is 2.22. The van der Waals surface area contributed by atoms with E-state index in [0.29, 0.717) is 18.9 Å². The van der Waals surface area contributed by atoms with Gasteiger partial charge in [-0.3, -0.25) is 4.79 Å². The molecule has 2 heterocycles. The molecule has 2 N–H and O–H groups in total. The summed E-state index contributed by atoms with van der Waals surface area (Å²) in [5, 5.41) is 13.7. The number of aryl methyl sites for hydroxylation is 2. The molecule has 0 fully saturated rings. The highest BCUT2D eigenvalue weighted by atomic mass is 32.2. The van der Waals surface area contributed by atoms with Gasteiger partial charge in [-0.1, -0.05) is 43.8 Å². The fraction of sp³-hybridized carbons (Fsp3) is 0.476. The summed E-state index contributed by atoms with van der Waals surface area (Å²) in [6.07, 6.45) is 4.09.